The minimum Gasteiger partial charge on any atom is -0.353 e. The number of carbonyl (C=O) groups is 2. The smallest absolute Gasteiger partial charge is 0.243 e. The summed E-state index contributed by atoms with van der Waals surface area (Å²) in [5.41, 5.74) is 1.10. The Balaban J connectivity index is 2.00. The van der Waals surface area contributed by atoms with Gasteiger partial charge in [0, 0.05) is 19.5 Å². The SMILES string of the molecule is C=CC(=O)NCCCCCC(=O)NCc1ccccc1. The van der Waals surface area contributed by atoms with Gasteiger partial charge in [0.05, 0.1) is 0 Å². The number of hydrogen-bond acceptors (Lipinski definition) is 2. The van der Waals surface area contributed by atoms with E-state index in [1.54, 1.807) is 0 Å². The molecule has 0 saturated heterocycles. The summed E-state index contributed by atoms with van der Waals surface area (Å²) >= 11 is 0. The predicted octanol–water partition coefficient (Wildman–Crippen LogP) is 2.17. The molecule has 0 unspecified atom stereocenters. The molecule has 0 saturated carbocycles. The lowest BCUT2D eigenvalue weighted by Gasteiger charge is -2.05. The molecule has 108 valence electrons. The van der Waals surface area contributed by atoms with Gasteiger partial charge in [-0.3, -0.25) is 9.59 Å². The van der Waals surface area contributed by atoms with Crippen molar-refractivity contribution in [3.63, 3.8) is 0 Å². The minimum atomic E-state index is -0.148. The van der Waals surface area contributed by atoms with Crippen molar-refractivity contribution < 1.29 is 9.59 Å². The van der Waals surface area contributed by atoms with Gasteiger partial charge in [-0.1, -0.05) is 43.3 Å². The average Bonchev–Trinajstić information content (AvgIpc) is 2.49. The van der Waals surface area contributed by atoms with Crippen LogP contribution in [0.1, 0.15) is 31.2 Å². The third-order valence-electron chi connectivity index (χ3n) is 2.90. The molecule has 0 radical (unpaired) electrons. The van der Waals surface area contributed by atoms with E-state index in [4.69, 9.17) is 0 Å². The Morgan fingerprint density at radius 1 is 1.05 bits per heavy atom. The van der Waals surface area contributed by atoms with Gasteiger partial charge in [0.25, 0.3) is 0 Å². The zero-order valence-corrected chi connectivity index (χ0v) is 11.7. The monoisotopic (exact) mass is 274 g/mol. The van der Waals surface area contributed by atoms with Crippen LogP contribution in [0.5, 0.6) is 0 Å². The Hall–Kier alpha value is -2.10. The van der Waals surface area contributed by atoms with E-state index >= 15 is 0 Å². The van der Waals surface area contributed by atoms with Crippen molar-refractivity contribution >= 4 is 11.8 Å². The second kappa shape index (κ2) is 9.78. The van der Waals surface area contributed by atoms with Crippen LogP contribution in [0.2, 0.25) is 0 Å². The van der Waals surface area contributed by atoms with Crippen LogP contribution in [0.15, 0.2) is 43.0 Å². The Morgan fingerprint density at radius 2 is 1.80 bits per heavy atom. The summed E-state index contributed by atoms with van der Waals surface area (Å²) < 4.78 is 0. The molecule has 0 spiro atoms. The molecular weight excluding hydrogens is 252 g/mol. The van der Waals surface area contributed by atoms with E-state index in [0.717, 1.165) is 24.8 Å². The van der Waals surface area contributed by atoms with E-state index in [0.29, 0.717) is 19.5 Å². The topological polar surface area (TPSA) is 58.2 Å². The average molecular weight is 274 g/mol. The van der Waals surface area contributed by atoms with Gasteiger partial charge >= 0.3 is 0 Å². The standard InChI is InChI=1S/C16H22N2O2/c1-2-15(19)17-12-8-4-7-11-16(20)18-13-14-9-5-3-6-10-14/h2-3,5-6,9-10H,1,4,7-8,11-13H2,(H,17,19)(H,18,20). The Morgan fingerprint density at radius 3 is 2.50 bits per heavy atom. The Bertz CT molecular complexity index is 429. The summed E-state index contributed by atoms with van der Waals surface area (Å²) in [7, 11) is 0. The van der Waals surface area contributed by atoms with Gasteiger partial charge in [-0.2, -0.15) is 0 Å². The largest absolute Gasteiger partial charge is 0.353 e. The first-order chi connectivity index (χ1) is 9.72. The van der Waals surface area contributed by atoms with E-state index < -0.39 is 0 Å². The van der Waals surface area contributed by atoms with Crippen LogP contribution >= 0.6 is 0 Å². The van der Waals surface area contributed by atoms with E-state index in [-0.39, 0.29) is 11.8 Å². The van der Waals surface area contributed by atoms with Crippen molar-refractivity contribution in [2.75, 3.05) is 6.54 Å². The lowest BCUT2D eigenvalue weighted by molar-refractivity contribution is -0.121. The van der Waals surface area contributed by atoms with Gasteiger partial charge in [-0.15, -0.1) is 0 Å². The number of benzene rings is 1. The first kappa shape index (κ1) is 16.0. The summed E-state index contributed by atoms with van der Waals surface area (Å²) in [6.07, 6.45) is 4.44. The van der Waals surface area contributed by atoms with Crippen molar-refractivity contribution in [2.24, 2.45) is 0 Å². The highest BCUT2D eigenvalue weighted by molar-refractivity contribution is 5.86. The summed E-state index contributed by atoms with van der Waals surface area (Å²) in [4.78, 5) is 22.5. The summed E-state index contributed by atoms with van der Waals surface area (Å²) in [5.74, 6) is -0.0745. The van der Waals surface area contributed by atoms with Gasteiger partial charge in [-0.05, 0) is 24.5 Å². The molecule has 4 heteroatoms. The third-order valence-corrected chi connectivity index (χ3v) is 2.90. The van der Waals surface area contributed by atoms with Gasteiger partial charge in [0.1, 0.15) is 0 Å². The molecule has 0 bridgehead atoms. The highest BCUT2D eigenvalue weighted by Crippen LogP contribution is 2.01. The van der Waals surface area contributed by atoms with Gasteiger partial charge in [0.2, 0.25) is 11.8 Å². The molecule has 4 nitrogen and oxygen atoms in total. The summed E-state index contributed by atoms with van der Waals surface area (Å²) in [5, 5.41) is 5.60. The summed E-state index contributed by atoms with van der Waals surface area (Å²) in [6.45, 7) is 4.59. The fourth-order valence-electron chi connectivity index (χ4n) is 1.76. The molecule has 0 aliphatic heterocycles. The molecular formula is C16H22N2O2. The van der Waals surface area contributed by atoms with Gasteiger partial charge < -0.3 is 10.6 Å². The fourth-order valence-corrected chi connectivity index (χ4v) is 1.76. The van der Waals surface area contributed by atoms with Crippen LogP contribution < -0.4 is 10.6 Å². The molecule has 0 aliphatic carbocycles. The normalized spacial score (nSPS) is 9.80. The van der Waals surface area contributed by atoms with Crippen LogP contribution in [0, 0.1) is 0 Å². The number of amides is 2. The highest BCUT2D eigenvalue weighted by Gasteiger charge is 2.01. The zero-order chi connectivity index (χ0) is 14.6. The van der Waals surface area contributed by atoms with E-state index in [9.17, 15) is 9.59 Å². The Kier molecular flexibility index (Phi) is 7.80. The van der Waals surface area contributed by atoms with Crippen molar-refractivity contribution in [2.45, 2.75) is 32.2 Å². The van der Waals surface area contributed by atoms with E-state index in [1.807, 2.05) is 30.3 Å². The van der Waals surface area contributed by atoms with E-state index in [2.05, 4.69) is 17.2 Å². The van der Waals surface area contributed by atoms with E-state index in [1.165, 1.54) is 6.08 Å². The van der Waals surface area contributed by atoms with Crippen molar-refractivity contribution in [1.82, 2.24) is 10.6 Å². The molecule has 0 atom stereocenters. The first-order valence-corrected chi connectivity index (χ1v) is 6.93. The molecule has 0 fully saturated rings. The van der Waals surface area contributed by atoms with Gasteiger partial charge in [0.15, 0.2) is 0 Å². The highest BCUT2D eigenvalue weighted by atomic mass is 16.2. The zero-order valence-electron chi connectivity index (χ0n) is 11.7. The number of hydrogen-bond donors (Lipinski definition) is 2. The third kappa shape index (κ3) is 7.36. The van der Waals surface area contributed by atoms with Crippen LogP contribution in [0.3, 0.4) is 0 Å². The Labute approximate surface area is 120 Å². The maximum absolute atomic E-state index is 11.6. The second-order valence-corrected chi connectivity index (χ2v) is 4.57. The molecule has 2 N–H and O–H groups in total. The molecule has 0 heterocycles. The molecule has 1 aromatic rings. The number of nitrogens with one attached hydrogen (secondary N) is 2. The molecule has 20 heavy (non-hydrogen) atoms. The first-order valence-electron chi connectivity index (χ1n) is 6.93. The van der Waals surface area contributed by atoms with Gasteiger partial charge in [-0.25, -0.2) is 0 Å². The van der Waals surface area contributed by atoms with Crippen LogP contribution in [0.25, 0.3) is 0 Å². The number of rotatable bonds is 9. The lowest BCUT2D eigenvalue weighted by atomic mass is 10.1. The maximum atomic E-state index is 11.6. The van der Waals surface area contributed by atoms with Crippen LogP contribution in [0.4, 0.5) is 0 Å². The number of carbonyl (C=O) groups excluding carboxylic acids is 2. The quantitative estimate of drug-likeness (QED) is 0.535. The second-order valence-electron chi connectivity index (χ2n) is 4.57. The van der Waals surface area contributed by atoms with Crippen molar-refractivity contribution in [3.8, 4) is 0 Å². The lowest BCUT2D eigenvalue weighted by Crippen LogP contribution is -2.23. The van der Waals surface area contributed by atoms with Crippen LogP contribution in [-0.2, 0) is 16.1 Å². The molecule has 0 aliphatic rings. The molecule has 2 amide bonds. The molecule has 0 aromatic heterocycles. The van der Waals surface area contributed by atoms with Crippen molar-refractivity contribution in [3.05, 3.63) is 48.6 Å². The minimum absolute atomic E-state index is 0.0731. The summed E-state index contributed by atoms with van der Waals surface area (Å²) in [6, 6.07) is 9.85. The van der Waals surface area contributed by atoms with Crippen molar-refractivity contribution in [1.29, 1.82) is 0 Å². The predicted molar refractivity (Wildman–Crippen MR) is 80.0 cm³/mol. The number of unbranched alkanes of at least 4 members (excludes halogenated alkanes) is 2. The van der Waals surface area contributed by atoms with Crippen LogP contribution in [-0.4, -0.2) is 18.4 Å². The molecule has 1 rings (SSSR count). The maximum Gasteiger partial charge on any atom is 0.243 e. The fraction of sp³-hybridized carbons (Fsp3) is 0.375. The molecule has 1 aromatic carbocycles.